The zero-order chi connectivity index (χ0) is 10.6. The Hall–Kier alpha value is -1.38. The predicted molar refractivity (Wildman–Crippen MR) is 51.7 cm³/mol. The quantitative estimate of drug-likeness (QED) is 0.803. The second-order valence-corrected chi connectivity index (χ2v) is 3.34. The molecule has 0 saturated carbocycles. The van der Waals surface area contributed by atoms with Gasteiger partial charge in [-0.3, -0.25) is 4.79 Å². The molecule has 0 fully saturated rings. The van der Waals surface area contributed by atoms with Crippen LogP contribution in [0.25, 0.3) is 0 Å². The van der Waals surface area contributed by atoms with E-state index in [1.807, 2.05) is 6.92 Å². The van der Waals surface area contributed by atoms with Crippen molar-refractivity contribution >= 4 is 5.97 Å². The topological polar surface area (TPSA) is 37.3 Å². The summed E-state index contributed by atoms with van der Waals surface area (Å²) in [4.78, 5) is 10.2. The lowest BCUT2D eigenvalue weighted by Crippen LogP contribution is -1.97. The van der Waals surface area contributed by atoms with Crippen molar-refractivity contribution in [3.63, 3.8) is 0 Å². The van der Waals surface area contributed by atoms with E-state index in [1.165, 1.54) is 6.07 Å². The minimum absolute atomic E-state index is 0.0907. The van der Waals surface area contributed by atoms with Gasteiger partial charge in [-0.25, -0.2) is 4.39 Å². The molecular formula is C11H13FO2. The Morgan fingerprint density at radius 2 is 2.21 bits per heavy atom. The fourth-order valence-electron chi connectivity index (χ4n) is 1.33. The first-order valence-corrected chi connectivity index (χ1v) is 4.56. The summed E-state index contributed by atoms with van der Waals surface area (Å²) in [5.41, 5.74) is 1.60. The molecule has 14 heavy (non-hydrogen) atoms. The Kier molecular flexibility index (Phi) is 3.63. The molecular weight excluding hydrogens is 183 g/mol. The van der Waals surface area contributed by atoms with Gasteiger partial charge in [0.15, 0.2) is 0 Å². The van der Waals surface area contributed by atoms with Gasteiger partial charge in [-0.2, -0.15) is 0 Å². The van der Waals surface area contributed by atoms with Gasteiger partial charge in [-0.15, -0.1) is 0 Å². The molecule has 0 atom stereocenters. The van der Waals surface area contributed by atoms with E-state index in [4.69, 9.17) is 5.11 Å². The lowest BCUT2D eigenvalue weighted by atomic mass is 10.1. The number of aliphatic carboxylic acids is 1. The number of benzene rings is 1. The van der Waals surface area contributed by atoms with Crippen molar-refractivity contribution in [2.75, 3.05) is 0 Å². The highest BCUT2D eigenvalue weighted by molar-refractivity contribution is 5.66. The summed E-state index contributed by atoms with van der Waals surface area (Å²) in [5.74, 6) is -1.08. The van der Waals surface area contributed by atoms with Crippen LogP contribution in [-0.2, 0) is 11.2 Å². The number of hydrogen-bond donors (Lipinski definition) is 1. The average Bonchev–Trinajstić information content (AvgIpc) is 2.10. The van der Waals surface area contributed by atoms with Crippen LogP contribution in [0.1, 0.15) is 24.0 Å². The first-order chi connectivity index (χ1) is 6.59. The van der Waals surface area contributed by atoms with E-state index >= 15 is 0 Å². The first kappa shape index (κ1) is 10.7. The summed E-state index contributed by atoms with van der Waals surface area (Å²) >= 11 is 0. The minimum atomic E-state index is -0.835. The SMILES string of the molecule is Cc1ccc(F)c(CCCC(=O)O)c1. The van der Waals surface area contributed by atoms with Crippen molar-refractivity contribution in [3.8, 4) is 0 Å². The summed E-state index contributed by atoms with van der Waals surface area (Å²) in [5, 5.41) is 8.42. The van der Waals surface area contributed by atoms with Gasteiger partial charge in [0, 0.05) is 6.42 Å². The minimum Gasteiger partial charge on any atom is -0.481 e. The molecule has 0 amide bonds. The standard InChI is InChI=1S/C11H13FO2/c1-8-5-6-10(12)9(7-8)3-2-4-11(13)14/h5-7H,2-4H2,1H3,(H,13,14). The summed E-state index contributed by atoms with van der Waals surface area (Å²) in [6, 6.07) is 4.89. The van der Waals surface area contributed by atoms with Crippen LogP contribution in [0.3, 0.4) is 0 Å². The predicted octanol–water partition coefficient (Wildman–Crippen LogP) is 2.54. The van der Waals surface area contributed by atoms with Crippen molar-refractivity contribution < 1.29 is 14.3 Å². The molecule has 0 bridgehead atoms. The van der Waals surface area contributed by atoms with Crippen molar-refractivity contribution in [3.05, 3.63) is 35.1 Å². The Bertz CT molecular complexity index is 334. The monoisotopic (exact) mass is 196 g/mol. The molecule has 1 aromatic rings. The second kappa shape index (κ2) is 4.74. The number of rotatable bonds is 4. The van der Waals surface area contributed by atoms with Crippen molar-refractivity contribution in [1.82, 2.24) is 0 Å². The van der Waals surface area contributed by atoms with Crippen LogP contribution in [0, 0.1) is 12.7 Å². The van der Waals surface area contributed by atoms with Crippen LogP contribution >= 0.6 is 0 Å². The highest BCUT2D eigenvalue weighted by Gasteiger charge is 2.03. The molecule has 0 aliphatic heterocycles. The highest BCUT2D eigenvalue weighted by atomic mass is 19.1. The van der Waals surface area contributed by atoms with E-state index < -0.39 is 5.97 Å². The van der Waals surface area contributed by atoms with Crippen LogP contribution in [0.15, 0.2) is 18.2 Å². The average molecular weight is 196 g/mol. The van der Waals surface area contributed by atoms with E-state index in [1.54, 1.807) is 12.1 Å². The van der Waals surface area contributed by atoms with E-state index in [0.717, 1.165) is 5.56 Å². The normalized spacial score (nSPS) is 10.1. The van der Waals surface area contributed by atoms with Crippen LogP contribution in [0.4, 0.5) is 4.39 Å². The van der Waals surface area contributed by atoms with E-state index in [0.29, 0.717) is 18.4 Å². The maximum atomic E-state index is 13.1. The molecule has 1 N–H and O–H groups in total. The molecule has 1 rings (SSSR count). The molecule has 0 unspecified atom stereocenters. The molecule has 0 spiro atoms. The van der Waals surface area contributed by atoms with Crippen LogP contribution in [-0.4, -0.2) is 11.1 Å². The maximum Gasteiger partial charge on any atom is 0.303 e. The molecule has 0 aliphatic rings. The number of carboxylic acid groups (broad SMARTS) is 1. The van der Waals surface area contributed by atoms with Gasteiger partial charge in [0.1, 0.15) is 5.82 Å². The summed E-state index contributed by atoms with van der Waals surface area (Å²) in [7, 11) is 0. The van der Waals surface area contributed by atoms with Gasteiger partial charge >= 0.3 is 5.97 Å². The summed E-state index contributed by atoms with van der Waals surface area (Å²) in [6.45, 7) is 1.89. The fourth-order valence-corrected chi connectivity index (χ4v) is 1.33. The third-order valence-electron chi connectivity index (χ3n) is 2.04. The number of halogens is 1. The number of carboxylic acids is 1. The molecule has 76 valence electrons. The van der Waals surface area contributed by atoms with Crippen LogP contribution in [0.2, 0.25) is 0 Å². The zero-order valence-corrected chi connectivity index (χ0v) is 8.09. The molecule has 3 heteroatoms. The fraction of sp³-hybridized carbons (Fsp3) is 0.364. The number of aryl methyl sites for hydroxylation is 2. The van der Waals surface area contributed by atoms with Gasteiger partial charge in [0.25, 0.3) is 0 Å². The highest BCUT2D eigenvalue weighted by Crippen LogP contribution is 2.12. The van der Waals surface area contributed by atoms with Gasteiger partial charge < -0.3 is 5.11 Å². The zero-order valence-electron chi connectivity index (χ0n) is 8.09. The van der Waals surface area contributed by atoms with Gasteiger partial charge in [-0.05, 0) is 31.4 Å². The number of hydrogen-bond acceptors (Lipinski definition) is 1. The summed E-state index contributed by atoms with van der Waals surface area (Å²) < 4.78 is 13.1. The Labute approximate surface area is 82.4 Å². The van der Waals surface area contributed by atoms with Gasteiger partial charge in [0.05, 0.1) is 0 Å². The number of carbonyl (C=O) groups is 1. The molecule has 1 aromatic carbocycles. The second-order valence-electron chi connectivity index (χ2n) is 3.34. The largest absolute Gasteiger partial charge is 0.481 e. The van der Waals surface area contributed by atoms with Crippen LogP contribution in [0.5, 0.6) is 0 Å². The third-order valence-corrected chi connectivity index (χ3v) is 2.04. The molecule has 0 heterocycles. The lowest BCUT2D eigenvalue weighted by Gasteiger charge is -2.02. The van der Waals surface area contributed by atoms with Crippen molar-refractivity contribution in [2.45, 2.75) is 26.2 Å². The molecule has 0 saturated heterocycles. The third kappa shape index (κ3) is 3.17. The van der Waals surface area contributed by atoms with E-state index in [2.05, 4.69) is 0 Å². The molecule has 2 nitrogen and oxygen atoms in total. The summed E-state index contributed by atoms with van der Waals surface area (Å²) in [6.07, 6.45) is 1.06. The van der Waals surface area contributed by atoms with E-state index in [9.17, 15) is 9.18 Å². The van der Waals surface area contributed by atoms with Gasteiger partial charge in [0.2, 0.25) is 0 Å². The first-order valence-electron chi connectivity index (χ1n) is 4.56. The van der Waals surface area contributed by atoms with E-state index in [-0.39, 0.29) is 12.2 Å². The Balaban J connectivity index is 2.57. The molecule has 0 aromatic heterocycles. The maximum absolute atomic E-state index is 13.1. The van der Waals surface area contributed by atoms with Gasteiger partial charge in [-0.1, -0.05) is 17.7 Å². The van der Waals surface area contributed by atoms with Crippen LogP contribution < -0.4 is 0 Å². The molecule has 0 aliphatic carbocycles. The molecule has 0 radical (unpaired) electrons. The van der Waals surface area contributed by atoms with Crippen molar-refractivity contribution in [2.24, 2.45) is 0 Å². The Morgan fingerprint density at radius 1 is 1.50 bits per heavy atom. The lowest BCUT2D eigenvalue weighted by molar-refractivity contribution is -0.137. The smallest absolute Gasteiger partial charge is 0.303 e. The van der Waals surface area contributed by atoms with Crippen molar-refractivity contribution in [1.29, 1.82) is 0 Å². The Morgan fingerprint density at radius 3 is 2.86 bits per heavy atom.